The van der Waals surface area contributed by atoms with E-state index in [0.717, 1.165) is 23.6 Å². The van der Waals surface area contributed by atoms with Crippen LogP contribution in [-0.4, -0.2) is 16.4 Å². The number of aromatic nitrogens is 1. The first-order valence-electron chi connectivity index (χ1n) is 6.05. The molecule has 1 saturated carbocycles. The van der Waals surface area contributed by atoms with Gasteiger partial charge in [0, 0.05) is 10.9 Å². The number of hydrogen-bond donors (Lipinski definition) is 2. The number of nitrogens with two attached hydrogens (primary N) is 1. The summed E-state index contributed by atoms with van der Waals surface area (Å²) in [5.41, 5.74) is 6.23. The Labute approximate surface area is 105 Å². The summed E-state index contributed by atoms with van der Waals surface area (Å²) in [5.74, 6) is 0.256. The summed E-state index contributed by atoms with van der Waals surface area (Å²) in [4.78, 5) is 16.2. The molecule has 92 valence electrons. The van der Waals surface area contributed by atoms with Crippen molar-refractivity contribution in [1.82, 2.24) is 10.3 Å². The van der Waals surface area contributed by atoms with Crippen LogP contribution in [0.2, 0.25) is 0 Å². The van der Waals surface area contributed by atoms with Gasteiger partial charge in [0.25, 0.3) is 5.91 Å². The highest BCUT2D eigenvalue weighted by Gasteiger charge is 2.39. The second-order valence-electron chi connectivity index (χ2n) is 5.13. The Kier molecular flexibility index (Phi) is 2.26. The monoisotopic (exact) mass is 241 g/mol. The molecule has 18 heavy (non-hydrogen) atoms. The van der Waals surface area contributed by atoms with Crippen molar-refractivity contribution in [1.29, 1.82) is 0 Å². The average molecular weight is 241 g/mol. The van der Waals surface area contributed by atoms with Gasteiger partial charge in [-0.2, -0.15) is 0 Å². The van der Waals surface area contributed by atoms with E-state index >= 15 is 0 Å². The quantitative estimate of drug-likeness (QED) is 0.846. The normalized spacial score (nSPS) is 16.5. The van der Waals surface area contributed by atoms with E-state index in [9.17, 15) is 4.79 Å². The molecule has 3 N–H and O–H groups in total. The van der Waals surface area contributed by atoms with E-state index in [1.807, 2.05) is 31.2 Å². The molecular weight excluding hydrogens is 226 g/mol. The van der Waals surface area contributed by atoms with Gasteiger partial charge >= 0.3 is 0 Å². The first-order chi connectivity index (χ1) is 8.57. The molecule has 3 rings (SSSR count). The van der Waals surface area contributed by atoms with E-state index in [1.54, 1.807) is 6.07 Å². The molecule has 0 bridgehead atoms. The standard InChI is InChI=1S/C14H15N3O/c1-14(6-7-14)17-13(18)11-8-9-4-2-3-5-10(9)12(15)16-11/h2-5,8H,6-7H2,1H3,(H2,15,16)(H,17,18). The zero-order chi connectivity index (χ0) is 12.8. The number of amides is 1. The summed E-state index contributed by atoms with van der Waals surface area (Å²) in [6.07, 6.45) is 2.06. The molecule has 0 spiro atoms. The topological polar surface area (TPSA) is 68.0 Å². The van der Waals surface area contributed by atoms with Gasteiger partial charge in [0.1, 0.15) is 11.5 Å². The second kappa shape index (κ2) is 3.70. The van der Waals surface area contributed by atoms with Crippen LogP contribution in [-0.2, 0) is 0 Å². The smallest absolute Gasteiger partial charge is 0.270 e. The molecule has 2 aromatic rings. The third-order valence-corrected chi connectivity index (χ3v) is 3.42. The molecule has 1 fully saturated rings. The van der Waals surface area contributed by atoms with Gasteiger partial charge in [-0.05, 0) is 31.2 Å². The molecule has 1 amide bonds. The molecule has 1 aromatic heterocycles. The van der Waals surface area contributed by atoms with E-state index in [4.69, 9.17) is 5.73 Å². The molecule has 1 aliphatic carbocycles. The highest BCUT2D eigenvalue weighted by molar-refractivity contribution is 6.00. The summed E-state index contributed by atoms with van der Waals surface area (Å²) < 4.78 is 0. The maximum atomic E-state index is 12.1. The van der Waals surface area contributed by atoms with E-state index in [2.05, 4.69) is 10.3 Å². The lowest BCUT2D eigenvalue weighted by Gasteiger charge is -2.12. The van der Waals surface area contributed by atoms with Gasteiger partial charge in [0.15, 0.2) is 0 Å². The highest BCUT2D eigenvalue weighted by atomic mass is 16.2. The van der Waals surface area contributed by atoms with Crippen LogP contribution in [0, 0.1) is 0 Å². The van der Waals surface area contributed by atoms with Crippen LogP contribution in [0.1, 0.15) is 30.3 Å². The van der Waals surface area contributed by atoms with Crippen LogP contribution >= 0.6 is 0 Å². The van der Waals surface area contributed by atoms with Gasteiger partial charge in [-0.3, -0.25) is 4.79 Å². The van der Waals surface area contributed by atoms with Gasteiger partial charge in [-0.15, -0.1) is 0 Å². The van der Waals surface area contributed by atoms with Crippen molar-refractivity contribution in [3.8, 4) is 0 Å². The Morgan fingerprint density at radius 2 is 2.11 bits per heavy atom. The number of nitrogens with one attached hydrogen (secondary N) is 1. The van der Waals surface area contributed by atoms with Gasteiger partial charge in [0.05, 0.1) is 0 Å². The van der Waals surface area contributed by atoms with Crippen LogP contribution in [0.5, 0.6) is 0 Å². The van der Waals surface area contributed by atoms with Gasteiger partial charge in [-0.25, -0.2) is 4.98 Å². The number of rotatable bonds is 2. The van der Waals surface area contributed by atoms with E-state index in [0.29, 0.717) is 11.5 Å². The maximum Gasteiger partial charge on any atom is 0.270 e. The molecule has 4 nitrogen and oxygen atoms in total. The lowest BCUT2D eigenvalue weighted by Crippen LogP contribution is -2.34. The number of pyridine rings is 1. The minimum absolute atomic E-state index is 0.0425. The molecule has 0 saturated heterocycles. The Bertz CT molecular complexity index is 632. The molecular formula is C14H15N3O. The number of carbonyl (C=O) groups is 1. The molecule has 0 radical (unpaired) electrons. The Balaban J connectivity index is 1.99. The minimum Gasteiger partial charge on any atom is -0.383 e. The van der Waals surface area contributed by atoms with Crippen molar-refractivity contribution in [2.24, 2.45) is 0 Å². The largest absolute Gasteiger partial charge is 0.383 e. The third-order valence-electron chi connectivity index (χ3n) is 3.42. The summed E-state index contributed by atoms with van der Waals surface area (Å²) in [6, 6.07) is 9.45. The molecule has 4 heteroatoms. The minimum atomic E-state index is -0.146. The molecule has 1 heterocycles. The van der Waals surface area contributed by atoms with E-state index in [-0.39, 0.29) is 11.4 Å². The predicted octanol–water partition coefficient (Wildman–Crippen LogP) is 2.10. The number of nitrogens with zero attached hydrogens (tertiary/aromatic N) is 1. The van der Waals surface area contributed by atoms with Gasteiger partial charge in [-0.1, -0.05) is 24.3 Å². The fourth-order valence-electron chi connectivity index (χ4n) is 1.99. The SMILES string of the molecule is CC1(NC(=O)c2cc3ccccc3c(N)n2)CC1. The van der Waals surface area contributed by atoms with Crippen LogP contribution in [0.3, 0.4) is 0 Å². The number of anilines is 1. The maximum absolute atomic E-state index is 12.1. The van der Waals surface area contributed by atoms with E-state index in [1.165, 1.54) is 0 Å². The fraction of sp³-hybridized carbons (Fsp3) is 0.286. The Hall–Kier alpha value is -2.10. The molecule has 0 aliphatic heterocycles. The summed E-state index contributed by atoms with van der Waals surface area (Å²) >= 11 is 0. The summed E-state index contributed by atoms with van der Waals surface area (Å²) in [7, 11) is 0. The zero-order valence-electron chi connectivity index (χ0n) is 10.2. The molecule has 0 unspecified atom stereocenters. The number of nitrogen functional groups attached to an aromatic ring is 1. The third kappa shape index (κ3) is 1.90. The lowest BCUT2D eigenvalue weighted by atomic mass is 10.1. The molecule has 1 aliphatic rings. The Morgan fingerprint density at radius 3 is 2.83 bits per heavy atom. The van der Waals surface area contributed by atoms with Crippen LogP contribution in [0.25, 0.3) is 10.8 Å². The van der Waals surface area contributed by atoms with E-state index < -0.39 is 0 Å². The zero-order valence-corrected chi connectivity index (χ0v) is 10.2. The van der Waals surface area contributed by atoms with Crippen LogP contribution in [0.15, 0.2) is 30.3 Å². The number of carbonyl (C=O) groups excluding carboxylic acids is 1. The Morgan fingerprint density at radius 1 is 1.39 bits per heavy atom. The number of fused-ring (bicyclic) bond motifs is 1. The fourth-order valence-corrected chi connectivity index (χ4v) is 1.99. The highest BCUT2D eigenvalue weighted by Crippen LogP contribution is 2.34. The molecule has 1 aromatic carbocycles. The predicted molar refractivity (Wildman–Crippen MR) is 71.3 cm³/mol. The summed E-state index contributed by atoms with van der Waals surface area (Å²) in [5, 5.41) is 4.80. The average Bonchev–Trinajstić information content (AvgIpc) is 3.06. The van der Waals surface area contributed by atoms with Crippen molar-refractivity contribution >= 4 is 22.5 Å². The summed E-state index contributed by atoms with van der Waals surface area (Å²) in [6.45, 7) is 2.04. The van der Waals surface area contributed by atoms with Crippen molar-refractivity contribution in [3.05, 3.63) is 36.0 Å². The number of hydrogen-bond acceptors (Lipinski definition) is 3. The first kappa shape index (κ1) is 11.0. The van der Waals surface area contributed by atoms with Crippen LogP contribution < -0.4 is 11.1 Å². The molecule has 0 atom stereocenters. The lowest BCUT2D eigenvalue weighted by molar-refractivity contribution is 0.0930. The van der Waals surface area contributed by atoms with Crippen molar-refractivity contribution < 1.29 is 4.79 Å². The van der Waals surface area contributed by atoms with Gasteiger partial charge < -0.3 is 11.1 Å². The van der Waals surface area contributed by atoms with Crippen LogP contribution in [0.4, 0.5) is 5.82 Å². The second-order valence-corrected chi connectivity index (χ2v) is 5.13. The number of benzene rings is 1. The first-order valence-corrected chi connectivity index (χ1v) is 6.05. The van der Waals surface area contributed by atoms with Crippen molar-refractivity contribution in [2.75, 3.05) is 5.73 Å². The van der Waals surface area contributed by atoms with Gasteiger partial charge in [0.2, 0.25) is 0 Å². The van der Waals surface area contributed by atoms with Crippen molar-refractivity contribution in [3.63, 3.8) is 0 Å². The van der Waals surface area contributed by atoms with Crippen molar-refractivity contribution in [2.45, 2.75) is 25.3 Å².